The van der Waals surface area contributed by atoms with Gasteiger partial charge in [0.15, 0.2) is 0 Å². The molecule has 6 aromatic carbocycles. The standard InChI is InChI=1S/C53H42N2O/c1-37-23-25-39(28-32-48-47-20-9-11-22-52(47)56-53(48)34-24-37)40-26-29-43(30-27-40)54(44-18-12-15-41(35-44)38-13-4-2-5-14-38)45-31-33-51-49(36-45)46-19-8-10-21-50(46)55(51)42-16-6-3-7-17-42/h2-13,15-27,29-31,33-36,38-39H,1,14,28,32H2/b25-23?,34-24-. The number of hydrogen-bond acceptors (Lipinski definition) is 2. The molecule has 8 aromatic rings. The predicted molar refractivity (Wildman–Crippen MR) is 236 cm³/mol. The molecule has 3 nitrogen and oxygen atoms in total. The van der Waals surface area contributed by atoms with Crippen molar-refractivity contribution < 1.29 is 4.42 Å². The Morgan fingerprint density at radius 1 is 0.571 bits per heavy atom. The smallest absolute Gasteiger partial charge is 0.135 e. The molecule has 0 radical (unpaired) electrons. The van der Waals surface area contributed by atoms with Crippen molar-refractivity contribution in [1.82, 2.24) is 4.57 Å². The lowest BCUT2D eigenvalue weighted by atomic mass is 9.89. The van der Waals surface area contributed by atoms with Crippen LogP contribution in [0.4, 0.5) is 17.1 Å². The number of allylic oxidation sites excluding steroid dienone is 8. The van der Waals surface area contributed by atoms with Gasteiger partial charge in [0.1, 0.15) is 11.3 Å². The molecule has 2 aliphatic carbocycles. The van der Waals surface area contributed by atoms with E-state index in [2.05, 4.69) is 204 Å². The molecular weight excluding hydrogens is 681 g/mol. The van der Waals surface area contributed by atoms with E-state index in [1.54, 1.807) is 0 Å². The summed E-state index contributed by atoms with van der Waals surface area (Å²) in [5.41, 5.74) is 12.7. The maximum atomic E-state index is 6.29. The van der Waals surface area contributed by atoms with Crippen LogP contribution in [0.5, 0.6) is 0 Å². The van der Waals surface area contributed by atoms with Crippen molar-refractivity contribution in [2.45, 2.75) is 31.1 Å². The Morgan fingerprint density at radius 2 is 1.34 bits per heavy atom. The zero-order valence-corrected chi connectivity index (χ0v) is 31.3. The Morgan fingerprint density at radius 3 is 2.20 bits per heavy atom. The number of aryl methyl sites for hydroxylation is 1. The fraction of sp³-hybridized carbons (Fsp3) is 0.0943. The van der Waals surface area contributed by atoms with Gasteiger partial charge in [0.05, 0.1) is 11.0 Å². The number of benzene rings is 6. The van der Waals surface area contributed by atoms with E-state index in [0.717, 1.165) is 58.9 Å². The third-order valence-corrected chi connectivity index (χ3v) is 11.5. The topological polar surface area (TPSA) is 21.3 Å². The first-order valence-electron chi connectivity index (χ1n) is 19.7. The van der Waals surface area contributed by atoms with E-state index in [1.165, 1.54) is 43.9 Å². The van der Waals surface area contributed by atoms with Crippen molar-refractivity contribution in [3.05, 3.63) is 223 Å². The molecule has 0 amide bonds. The highest BCUT2D eigenvalue weighted by molar-refractivity contribution is 6.10. The summed E-state index contributed by atoms with van der Waals surface area (Å²) >= 11 is 0. The second kappa shape index (κ2) is 14.4. The van der Waals surface area contributed by atoms with Crippen molar-refractivity contribution in [2.75, 3.05) is 4.90 Å². The number of fused-ring (bicyclic) bond motifs is 6. The minimum Gasteiger partial charge on any atom is -0.456 e. The molecule has 2 heterocycles. The van der Waals surface area contributed by atoms with Crippen LogP contribution in [0.1, 0.15) is 47.1 Å². The fourth-order valence-electron chi connectivity index (χ4n) is 8.66. The highest BCUT2D eigenvalue weighted by Crippen LogP contribution is 2.42. The third kappa shape index (κ3) is 6.21. The van der Waals surface area contributed by atoms with Crippen molar-refractivity contribution in [2.24, 2.45) is 0 Å². The SMILES string of the molecule is C=C1C=CC(c2ccc(N(c3cccc(C4C=CC=CC4)c3)c3ccc4c(c3)c3ccccc3n4-c3ccccc3)cc2)CCc2c(oc3ccccc23)/C=C\1. The Labute approximate surface area is 328 Å². The summed E-state index contributed by atoms with van der Waals surface area (Å²) in [6.45, 7) is 4.32. The summed E-state index contributed by atoms with van der Waals surface area (Å²) in [6, 6.07) is 53.0. The summed E-state index contributed by atoms with van der Waals surface area (Å²) < 4.78 is 8.67. The van der Waals surface area contributed by atoms with Crippen LogP contribution in [0.2, 0.25) is 0 Å². The number of hydrogen-bond donors (Lipinski definition) is 0. The Bertz CT molecular complexity index is 2860. The summed E-state index contributed by atoms with van der Waals surface area (Å²) in [4.78, 5) is 2.42. The second-order valence-electron chi connectivity index (χ2n) is 14.9. The maximum Gasteiger partial charge on any atom is 0.135 e. The van der Waals surface area contributed by atoms with E-state index in [1.807, 2.05) is 6.07 Å². The van der Waals surface area contributed by atoms with Gasteiger partial charge in [0, 0.05) is 56.3 Å². The van der Waals surface area contributed by atoms with Crippen molar-refractivity contribution in [3.8, 4) is 5.69 Å². The Balaban J connectivity index is 1.07. The molecule has 0 bridgehead atoms. The van der Waals surface area contributed by atoms with Crippen LogP contribution in [-0.4, -0.2) is 4.57 Å². The van der Waals surface area contributed by atoms with Crippen LogP contribution in [-0.2, 0) is 6.42 Å². The van der Waals surface area contributed by atoms with Crippen LogP contribution >= 0.6 is 0 Å². The lowest BCUT2D eigenvalue weighted by molar-refractivity contribution is 0.594. The number of para-hydroxylation sites is 3. The zero-order chi connectivity index (χ0) is 37.4. The molecule has 2 aliphatic rings. The quantitative estimate of drug-likeness (QED) is 0.170. The summed E-state index contributed by atoms with van der Waals surface area (Å²) in [5, 5.41) is 3.66. The number of anilines is 3. The minimum atomic E-state index is 0.220. The maximum absolute atomic E-state index is 6.29. The number of aromatic nitrogens is 1. The third-order valence-electron chi connectivity index (χ3n) is 11.5. The molecule has 2 unspecified atom stereocenters. The molecule has 270 valence electrons. The monoisotopic (exact) mass is 722 g/mol. The molecule has 0 saturated heterocycles. The molecule has 2 atom stereocenters. The molecule has 56 heavy (non-hydrogen) atoms. The first-order valence-corrected chi connectivity index (χ1v) is 19.7. The first kappa shape index (κ1) is 33.7. The fourth-order valence-corrected chi connectivity index (χ4v) is 8.66. The normalized spacial score (nSPS) is 17.4. The number of furan rings is 1. The highest BCUT2D eigenvalue weighted by Gasteiger charge is 2.21. The minimum absolute atomic E-state index is 0.220. The first-order chi connectivity index (χ1) is 27.7. The van der Waals surface area contributed by atoms with Crippen LogP contribution in [0.15, 0.2) is 205 Å². The van der Waals surface area contributed by atoms with Crippen LogP contribution in [0.25, 0.3) is 44.5 Å². The van der Waals surface area contributed by atoms with Gasteiger partial charge >= 0.3 is 0 Å². The molecule has 2 aromatic heterocycles. The molecule has 0 fully saturated rings. The lowest BCUT2D eigenvalue weighted by Gasteiger charge is -2.27. The zero-order valence-electron chi connectivity index (χ0n) is 31.3. The van der Waals surface area contributed by atoms with Gasteiger partial charge in [-0.1, -0.05) is 128 Å². The van der Waals surface area contributed by atoms with Crippen LogP contribution < -0.4 is 4.90 Å². The van der Waals surface area contributed by atoms with Crippen molar-refractivity contribution in [1.29, 1.82) is 0 Å². The Hall–Kier alpha value is -6.84. The average molecular weight is 723 g/mol. The Kier molecular flexibility index (Phi) is 8.69. The summed E-state index contributed by atoms with van der Waals surface area (Å²) in [6.07, 6.45) is 20.4. The second-order valence-corrected chi connectivity index (χ2v) is 14.9. The van der Waals surface area contributed by atoms with E-state index >= 15 is 0 Å². The molecule has 0 saturated carbocycles. The van der Waals surface area contributed by atoms with Crippen molar-refractivity contribution in [3.63, 3.8) is 0 Å². The van der Waals surface area contributed by atoms with Gasteiger partial charge in [-0.3, -0.25) is 0 Å². The van der Waals surface area contributed by atoms with E-state index in [0.29, 0.717) is 5.92 Å². The average Bonchev–Trinajstić information content (AvgIpc) is 3.79. The molecular formula is C53H42N2O. The van der Waals surface area contributed by atoms with Gasteiger partial charge in [-0.05, 0) is 109 Å². The van der Waals surface area contributed by atoms with Crippen LogP contribution in [0.3, 0.4) is 0 Å². The van der Waals surface area contributed by atoms with Gasteiger partial charge in [-0.15, -0.1) is 0 Å². The largest absolute Gasteiger partial charge is 0.456 e. The summed E-state index contributed by atoms with van der Waals surface area (Å²) in [5.74, 6) is 1.50. The lowest BCUT2D eigenvalue weighted by Crippen LogP contribution is -2.11. The van der Waals surface area contributed by atoms with Gasteiger partial charge in [0.2, 0.25) is 0 Å². The van der Waals surface area contributed by atoms with E-state index in [-0.39, 0.29) is 5.92 Å². The molecule has 0 N–H and O–H groups in total. The predicted octanol–water partition coefficient (Wildman–Crippen LogP) is 14.5. The highest BCUT2D eigenvalue weighted by atomic mass is 16.3. The molecule has 0 aliphatic heterocycles. The van der Waals surface area contributed by atoms with E-state index in [4.69, 9.17) is 4.42 Å². The molecule has 3 heteroatoms. The van der Waals surface area contributed by atoms with Crippen molar-refractivity contribution >= 4 is 55.9 Å². The number of nitrogens with zero attached hydrogens (tertiary/aromatic N) is 2. The van der Waals surface area contributed by atoms with Gasteiger partial charge < -0.3 is 13.9 Å². The summed E-state index contributed by atoms with van der Waals surface area (Å²) in [7, 11) is 0. The van der Waals surface area contributed by atoms with E-state index < -0.39 is 0 Å². The van der Waals surface area contributed by atoms with Crippen LogP contribution in [0, 0.1) is 0 Å². The van der Waals surface area contributed by atoms with E-state index in [9.17, 15) is 0 Å². The number of rotatable bonds is 6. The van der Waals surface area contributed by atoms with Gasteiger partial charge in [-0.2, -0.15) is 0 Å². The molecule has 10 rings (SSSR count). The van der Waals surface area contributed by atoms with Gasteiger partial charge in [0.25, 0.3) is 0 Å². The van der Waals surface area contributed by atoms with Gasteiger partial charge in [-0.25, -0.2) is 0 Å². The molecule has 0 spiro atoms.